The van der Waals surface area contributed by atoms with Crippen LogP contribution < -0.4 is 10.6 Å². The molecule has 0 amide bonds. The molecule has 1 aromatic carbocycles. The van der Waals surface area contributed by atoms with Crippen LogP contribution in [0.4, 0.5) is 8.78 Å². The summed E-state index contributed by atoms with van der Waals surface area (Å²) < 4.78 is 55.9. The van der Waals surface area contributed by atoms with Crippen molar-refractivity contribution in [2.45, 2.75) is 30.6 Å². The van der Waals surface area contributed by atoms with Crippen molar-refractivity contribution >= 4 is 15.8 Å². The highest BCUT2D eigenvalue weighted by atomic mass is 32.2. The molecule has 26 heavy (non-hydrogen) atoms. The van der Waals surface area contributed by atoms with Gasteiger partial charge in [-0.05, 0) is 25.8 Å². The van der Waals surface area contributed by atoms with E-state index in [1.807, 2.05) is 0 Å². The van der Waals surface area contributed by atoms with Crippen LogP contribution in [0.15, 0.2) is 23.2 Å². The minimum atomic E-state index is -3.31. The summed E-state index contributed by atoms with van der Waals surface area (Å²) in [5.41, 5.74) is 0.290. The normalized spacial score (nSPS) is 19.0. The van der Waals surface area contributed by atoms with Crippen molar-refractivity contribution in [1.29, 1.82) is 0 Å². The van der Waals surface area contributed by atoms with Gasteiger partial charge in [0.2, 0.25) is 0 Å². The molecular weight excluding hydrogens is 364 g/mol. The average Bonchev–Trinajstić information content (AvgIpc) is 2.58. The minimum absolute atomic E-state index is 0.174. The Morgan fingerprint density at radius 2 is 2.00 bits per heavy atom. The number of rotatable bonds is 5. The van der Waals surface area contributed by atoms with Crippen LogP contribution in [-0.4, -0.2) is 52.2 Å². The Bertz CT molecular complexity index is 763. The summed E-state index contributed by atoms with van der Waals surface area (Å²) >= 11 is 0. The van der Waals surface area contributed by atoms with Gasteiger partial charge in [0.25, 0.3) is 0 Å². The van der Waals surface area contributed by atoms with Gasteiger partial charge in [0.05, 0.1) is 10.8 Å². The van der Waals surface area contributed by atoms with E-state index in [-0.39, 0.29) is 6.54 Å². The maximum absolute atomic E-state index is 13.9. The molecule has 0 saturated carbocycles. The Balaban J connectivity index is 2.07. The second-order valence-electron chi connectivity index (χ2n) is 6.53. The van der Waals surface area contributed by atoms with Crippen LogP contribution in [-0.2, 0) is 14.6 Å². The third-order valence-corrected chi connectivity index (χ3v) is 6.90. The summed E-state index contributed by atoms with van der Waals surface area (Å²) in [6, 6.07) is 2.90. The maximum atomic E-state index is 13.9. The molecule has 1 unspecified atom stereocenters. The molecule has 0 radical (unpaired) electrons. The van der Waals surface area contributed by atoms with E-state index in [1.54, 1.807) is 14.0 Å². The topological polar surface area (TPSA) is 79.8 Å². The average molecular weight is 389 g/mol. The summed E-state index contributed by atoms with van der Waals surface area (Å²) in [6.45, 7) is 2.66. The molecule has 2 rings (SSSR count). The van der Waals surface area contributed by atoms with Crippen LogP contribution in [0.25, 0.3) is 0 Å². The maximum Gasteiger partial charge on any atom is 0.191 e. The predicted octanol–water partition coefficient (Wildman–Crippen LogP) is 1.78. The highest BCUT2D eigenvalue weighted by Gasteiger charge is 2.42. The lowest BCUT2D eigenvalue weighted by atomic mass is 9.99. The van der Waals surface area contributed by atoms with Crippen molar-refractivity contribution in [2.24, 2.45) is 4.99 Å². The van der Waals surface area contributed by atoms with E-state index in [0.29, 0.717) is 37.6 Å². The van der Waals surface area contributed by atoms with E-state index in [9.17, 15) is 17.2 Å². The largest absolute Gasteiger partial charge is 0.381 e. The molecule has 2 N–H and O–H groups in total. The van der Waals surface area contributed by atoms with E-state index in [4.69, 9.17) is 4.74 Å². The van der Waals surface area contributed by atoms with Crippen LogP contribution in [0.5, 0.6) is 0 Å². The summed E-state index contributed by atoms with van der Waals surface area (Å²) in [5.74, 6) is -0.955. The van der Waals surface area contributed by atoms with Crippen molar-refractivity contribution < 1.29 is 21.9 Å². The zero-order valence-corrected chi connectivity index (χ0v) is 16.0. The second kappa shape index (κ2) is 8.30. The molecule has 146 valence electrons. The van der Waals surface area contributed by atoms with Gasteiger partial charge in [-0.3, -0.25) is 4.99 Å². The highest BCUT2D eigenvalue weighted by Crippen LogP contribution is 2.28. The Hall–Kier alpha value is -1.74. The number of sulfone groups is 1. The van der Waals surface area contributed by atoms with Crippen LogP contribution >= 0.6 is 0 Å². The molecule has 1 fully saturated rings. The predicted molar refractivity (Wildman–Crippen MR) is 96.9 cm³/mol. The van der Waals surface area contributed by atoms with E-state index in [1.165, 1.54) is 18.4 Å². The molecule has 0 bridgehead atoms. The van der Waals surface area contributed by atoms with Gasteiger partial charge in [0.1, 0.15) is 11.6 Å². The molecular formula is C17H25F2N3O3S. The van der Waals surface area contributed by atoms with Gasteiger partial charge >= 0.3 is 0 Å². The lowest BCUT2D eigenvalue weighted by Crippen LogP contribution is -2.53. The Morgan fingerprint density at radius 1 is 1.35 bits per heavy atom. The fraction of sp³-hybridized carbons (Fsp3) is 0.588. The molecule has 1 aliphatic rings. The first-order chi connectivity index (χ1) is 12.2. The monoisotopic (exact) mass is 389 g/mol. The Labute approximate surface area is 153 Å². The zero-order chi connectivity index (χ0) is 19.4. The van der Waals surface area contributed by atoms with Gasteiger partial charge in [0.15, 0.2) is 15.8 Å². The third kappa shape index (κ3) is 4.70. The van der Waals surface area contributed by atoms with E-state index in [0.717, 1.165) is 6.07 Å². The summed E-state index contributed by atoms with van der Waals surface area (Å²) in [4.78, 5) is 4.07. The van der Waals surface area contributed by atoms with Crippen molar-refractivity contribution in [3.8, 4) is 0 Å². The molecule has 1 saturated heterocycles. The van der Waals surface area contributed by atoms with Crippen molar-refractivity contribution in [1.82, 2.24) is 10.6 Å². The SMILES string of the molecule is CN=C(NCC1(S(C)(=O)=O)CCOCC1)NC(C)c1ccc(F)cc1F. The first kappa shape index (κ1) is 20.6. The van der Waals surface area contributed by atoms with Gasteiger partial charge in [-0.25, -0.2) is 17.2 Å². The number of halogens is 2. The standard InChI is InChI=1S/C17H25F2N3O3S/c1-12(14-5-4-13(18)10-15(14)19)22-16(20-2)21-11-17(26(3,23)24)6-8-25-9-7-17/h4-5,10,12H,6-9,11H2,1-3H3,(H2,20,21,22). The fourth-order valence-electron chi connectivity index (χ4n) is 3.00. The first-order valence-electron chi connectivity index (χ1n) is 8.38. The van der Waals surface area contributed by atoms with E-state index in [2.05, 4.69) is 15.6 Å². The lowest BCUT2D eigenvalue weighted by Gasteiger charge is -2.36. The van der Waals surface area contributed by atoms with Gasteiger partial charge in [-0.1, -0.05) is 6.07 Å². The van der Waals surface area contributed by atoms with Crippen LogP contribution in [0, 0.1) is 11.6 Å². The van der Waals surface area contributed by atoms with Gasteiger partial charge in [-0.15, -0.1) is 0 Å². The third-order valence-electron chi connectivity index (χ3n) is 4.77. The molecule has 0 aromatic heterocycles. The van der Waals surface area contributed by atoms with E-state index < -0.39 is 32.3 Å². The van der Waals surface area contributed by atoms with E-state index >= 15 is 0 Å². The first-order valence-corrected chi connectivity index (χ1v) is 10.3. The lowest BCUT2D eigenvalue weighted by molar-refractivity contribution is 0.0756. The quantitative estimate of drug-likeness (QED) is 0.593. The van der Waals surface area contributed by atoms with Crippen LogP contribution in [0.2, 0.25) is 0 Å². The number of hydrogen-bond donors (Lipinski definition) is 2. The van der Waals surface area contributed by atoms with Crippen molar-refractivity contribution in [2.75, 3.05) is 33.1 Å². The Morgan fingerprint density at radius 3 is 2.54 bits per heavy atom. The number of aliphatic imine (C=N–C) groups is 1. The molecule has 1 heterocycles. The minimum Gasteiger partial charge on any atom is -0.381 e. The molecule has 0 aliphatic carbocycles. The number of hydrogen-bond acceptors (Lipinski definition) is 4. The van der Waals surface area contributed by atoms with Crippen LogP contribution in [0.1, 0.15) is 31.4 Å². The van der Waals surface area contributed by atoms with Crippen molar-refractivity contribution in [3.05, 3.63) is 35.4 Å². The number of nitrogens with one attached hydrogen (secondary N) is 2. The molecule has 9 heteroatoms. The summed E-state index contributed by atoms with van der Waals surface area (Å²) in [5, 5.41) is 6.03. The second-order valence-corrected chi connectivity index (χ2v) is 8.94. The molecule has 1 aromatic rings. The van der Waals surface area contributed by atoms with Crippen molar-refractivity contribution in [3.63, 3.8) is 0 Å². The fourth-order valence-corrected chi connectivity index (χ4v) is 4.24. The highest BCUT2D eigenvalue weighted by molar-refractivity contribution is 7.92. The van der Waals surface area contributed by atoms with Gasteiger partial charge in [0, 0.05) is 44.7 Å². The zero-order valence-electron chi connectivity index (χ0n) is 15.2. The Kier molecular flexibility index (Phi) is 6.57. The summed E-state index contributed by atoms with van der Waals surface area (Å²) in [6.07, 6.45) is 2.03. The molecule has 1 atom stereocenters. The molecule has 1 aliphatic heterocycles. The number of ether oxygens (including phenoxy) is 1. The molecule has 6 nitrogen and oxygen atoms in total. The smallest absolute Gasteiger partial charge is 0.191 e. The van der Waals surface area contributed by atoms with Crippen LogP contribution in [0.3, 0.4) is 0 Å². The number of benzene rings is 1. The molecule has 0 spiro atoms. The van der Waals surface area contributed by atoms with Gasteiger partial charge in [-0.2, -0.15) is 0 Å². The number of nitrogens with zero attached hydrogens (tertiary/aromatic N) is 1. The summed E-state index contributed by atoms with van der Waals surface area (Å²) in [7, 11) is -1.77. The van der Waals surface area contributed by atoms with Gasteiger partial charge < -0.3 is 15.4 Å². The number of guanidine groups is 1.